The van der Waals surface area contributed by atoms with Crippen LogP contribution in [0.1, 0.15) is 16.8 Å². The summed E-state index contributed by atoms with van der Waals surface area (Å²) in [5.41, 5.74) is -0.108. The fourth-order valence-electron chi connectivity index (χ4n) is 1.84. The van der Waals surface area contributed by atoms with Gasteiger partial charge in [0.05, 0.1) is 22.0 Å². The van der Waals surface area contributed by atoms with Crippen molar-refractivity contribution in [1.82, 2.24) is 10.3 Å². The summed E-state index contributed by atoms with van der Waals surface area (Å²) in [6.45, 7) is -0.0350. The molecule has 2 rings (SSSR count). The van der Waals surface area contributed by atoms with Crippen molar-refractivity contribution >= 4 is 29.1 Å². The first-order valence-corrected chi connectivity index (χ1v) is 7.24. The van der Waals surface area contributed by atoms with Gasteiger partial charge in [-0.2, -0.15) is 13.2 Å². The van der Waals surface area contributed by atoms with E-state index in [0.29, 0.717) is 16.3 Å². The molecule has 0 aliphatic rings. The van der Waals surface area contributed by atoms with Gasteiger partial charge >= 0.3 is 6.18 Å². The number of halogens is 5. The third kappa shape index (κ3) is 5.11. The van der Waals surface area contributed by atoms with Gasteiger partial charge in [-0.3, -0.25) is 9.78 Å². The Morgan fingerprint density at radius 1 is 1.17 bits per heavy atom. The molecule has 23 heavy (non-hydrogen) atoms. The number of benzene rings is 1. The highest BCUT2D eigenvalue weighted by atomic mass is 35.5. The molecule has 122 valence electrons. The average molecular weight is 363 g/mol. The molecule has 0 saturated carbocycles. The number of hydrogen-bond donors (Lipinski definition) is 1. The van der Waals surface area contributed by atoms with Crippen molar-refractivity contribution < 1.29 is 18.0 Å². The standard InChI is InChI=1S/C15H11Cl2F3N2O/c16-10-2-3-11(21-8-10)6-14(23)22-7-9-1-4-13(17)12(5-9)15(18,19)20/h1-5,8H,6-7H2,(H,22,23). The highest BCUT2D eigenvalue weighted by molar-refractivity contribution is 6.31. The van der Waals surface area contributed by atoms with E-state index in [0.717, 1.165) is 12.1 Å². The van der Waals surface area contributed by atoms with E-state index in [9.17, 15) is 18.0 Å². The number of amides is 1. The zero-order valence-corrected chi connectivity index (χ0v) is 13.1. The molecule has 1 aromatic carbocycles. The van der Waals surface area contributed by atoms with E-state index in [1.165, 1.54) is 12.3 Å². The van der Waals surface area contributed by atoms with E-state index in [-0.39, 0.29) is 23.9 Å². The van der Waals surface area contributed by atoms with E-state index in [1.54, 1.807) is 12.1 Å². The molecule has 0 aliphatic heterocycles. The van der Waals surface area contributed by atoms with Crippen LogP contribution in [0.15, 0.2) is 36.5 Å². The summed E-state index contributed by atoms with van der Waals surface area (Å²) < 4.78 is 38.3. The molecule has 3 nitrogen and oxygen atoms in total. The van der Waals surface area contributed by atoms with Gasteiger partial charge in [0, 0.05) is 18.4 Å². The second kappa shape index (κ2) is 7.19. The summed E-state index contributed by atoms with van der Waals surface area (Å²) in [4.78, 5) is 15.8. The largest absolute Gasteiger partial charge is 0.417 e. The Morgan fingerprint density at radius 3 is 2.52 bits per heavy atom. The van der Waals surface area contributed by atoms with Crippen LogP contribution in [0.25, 0.3) is 0 Å². The minimum Gasteiger partial charge on any atom is -0.352 e. The molecule has 1 aromatic heterocycles. The summed E-state index contributed by atoms with van der Waals surface area (Å²) in [7, 11) is 0. The minimum absolute atomic E-state index is 0.0108. The summed E-state index contributed by atoms with van der Waals surface area (Å²) in [6.07, 6.45) is -3.11. The molecule has 0 radical (unpaired) electrons. The molecule has 0 aliphatic carbocycles. The van der Waals surface area contributed by atoms with E-state index >= 15 is 0 Å². The SMILES string of the molecule is O=C(Cc1ccc(Cl)cn1)NCc1ccc(Cl)c(C(F)(F)F)c1. The van der Waals surface area contributed by atoms with Crippen molar-refractivity contribution in [2.45, 2.75) is 19.1 Å². The third-order valence-electron chi connectivity index (χ3n) is 2.96. The van der Waals surface area contributed by atoms with Gasteiger partial charge in [-0.25, -0.2) is 0 Å². The number of alkyl halides is 3. The van der Waals surface area contributed by atoms with Crippen LogP contribution in [0, 0.1) is 0 Å². The number of pyridine rings is 1. The highest BCUT2D eigenvalue weighted by Crippen LogP contribution is 2.35. The first-order chi connectivity index (χ1) is 10.8. The molecule has 2 aromatic rings. The fraction of sp³-hybridized carbons (Fsp3) is 0.200. The Bertz CT molecular complexity index is 703. The number of nitrogens with zero attached hydrogens (tertiary/aromatic N) is 1. The monoisotopic (exact) mass is 362 g/mol. The fourth-order valence-corrected chi connectivity index (χ4v) is 2.17. The molecule has 0 spiro atoms. The lowest BCUT2D eigenvalue weighted by atomic mass is 10.1. The quantitative estimate of drug-likeness (QED) is 0.882. The smallest absolute Gasteiger partial charge is 0.352 e. The molecule has 0 saturated heterocycles. The van der Waals surface area contributed by atoms with Crippen LogP contribution < -0.4 is 5.32 Å². The Kier molecular flexibility index (Phi) is 5.49. The van der Waals surface area contributed by atoms with Gasteiger partial charge in [0.15, 0.2) is 0 Å². The normalized spacial score (nSPS) is 11.3. The van der Waals surface area contributed by atoms with Gasteiger partial charge < -0.3 is 5.32 Å². The zero-order valence-electron chi connectivity index (χ0n) is 11.6. The number of aromatic nitrogens is 1. The maximum Gasteiger partial charge on any atom is 0.417 e. The number of rotatable bonds is 4. The van der Waals surface area contributed by atoms with Crippen LogP contribution in [0.4, 0.5) is 13.2 Å². The van der Waals surface area contributed by atoms with Crippen LogP contribution in [0.2, 0.25) is 10.0 Å². The van der Waals surface area contributed by atoms with Gasteiger partial charge in [0.2, 0.25) is 5.91 Å². The van der Waals surface area contributed by atoms with E-state index in [1.807, 2.05) is 0 Å². The van der Waals surface area contributed by atoms with Crippen molar-refractivity contribution in [3.05, 3.63) is 63.4 Å². The van der Waals surface area contributed by atoms with Gasteiger partial charge in [-0.05, 0) is 29.8 Å². The molecular formula is C15H11Cl2F3N2O. The van der Waals surface area contributed by atoms with Gasteiger partial charge in [-0.1, -0.05) is 29.3 Å². The van der Waals surface area contributed by atoms with Crippen molar-refractivity contribution in [1.29, 1.82) is 0 Å². The predicted octanol–water partition coefficient (Wildman–Crippen LogP) is 4.27. The molecular weight excluding hydrogens is 352 g/mol. The average Bonchev–Trinajstić information content (AvgIpc) is 2.47. The third-order valence-corrected chi connectivity index (χ3v) is 3.51. The van der Waals surface area contributed by atoms with Crippen LogP contribution in [-0.4, -0.2) is 10.9 Å². The lowest BCUT2D eigenvalue weighted by molar-refractivity contribution is -0.137. The van der Waals surface area contributed by atoms with Crippen molar-refractivity contribution in [3.63, 3.8) is 0 Å². The second-order valence-corrected chi connectivity index (χ2v) is 5.58. The molecule has 0 atom stereocenters. The van der Waals surface area contributed by atoms with Crippen molar-refractivity contribution in [2.75, 3.05) is 0 Å². The van der Waals surface area contributed by atoms with Crippen LogP contribution in [0.5, 0.6) is 0 Å². The molecule has 1 N–H and O–H groups in total. The van der Waals surface area contributed by atoms with Crippen molar-refractivity contribution in [2.24, 2.45) is 0 Å². The minimum atomic E-state index is -4.54. The number of carbonyl (C=O) groups is 1. The van der Waals surface area contributed by atoms with E-state index in [2.05, 4.69) is 10.3 Å². The molecule has 8 heteroatoms. The first kappa shape index (κ1) is 17.6. The molecule has 0 bridgehead atoms. The maximum atomic E-state index is 12.8. The molecule has 1 amide bonds. The topological polar surface area (TPSA) is 42.0 Å². The van der Waals surface area contributed by atoms with Crippen molar-refractivity contribution in [3.8, 4) is 0 Å². The summed E-state index contributed by atoms with van der Waals surface area (Å²) in [6, 6.07) is 6.71. The summed E-state index contributed by atoms with van der Waals surface area (Å²) in [5.74, 6) is -0.358. The lowest BCUT2D eigenvalue weighted by Gasteiger charge is -2.11. The maximum absolute atomic E-state index is 12.8. The van der Waals surface area contributed by atoms with E-state index < -0.39 is 11.7 Å². The van der Waals surface area contributed by atoms with E-state index in [4.69, 9.17) is 23.2 Å². The number of carbonyl (C=O) groups excluding carboxylic acids is 1. The first-order valence-electron chi connectivity index (χ1n) is 6.48. The zero-order chi connectivity index (χ0) is 17.0. The molecule has 1 heterocycles. The Labute approximate surface area is 140 Å². The second-order valence-electron chi connectivity index (χ2n) is 4.73. The molecule has 0 unspecified atom stereocenters. The predicted molar refractivity (Wildman–Crippen MR) is 81.3 cm³/mol. The van der Waals surface area contributed by atoms with Crippen LogP contribution in [0.3, 0.4) is 0 Å². The van der Waals surface area contributed by atoms with Gasteiger partial charge in [-0.15, -0.1) is 0 Å². The Balaban J connectivity index is 1.98. The van der Waals surface area contributed by atoms with Gasteiger partial charge in [0.1, 0.15) is 0 Å². The number of nitrogens with one attached hydrogen (secondary N) is 1. The number of hydrogen-bond acceptors (Lipinski definition) is 2. The Hall–Kier alpha value is -1.79. The summed E-state index contributed by atoms with van der Waals surface area (Å²) >= 11 is 11.2. The molecule has 0 fully saturated rings. The van der Waals surface area contributed by atoms with Crippen LogP contribution in [-0.2, 0) is 23.9 Å². The van der Waals surface area contributed by atoms with Crippen LogP contribution >= 0.6 is 23.2 Å². The highest BCUT2D eigenvalue weighted by Gasteiger charge is 2.33. The van der Waals surface area contributed by atoms with Gasteiger partial charge in [0.25, 0.3) is 0 Å². The lowest BCUT2D eigenvalue weighted by Crippen LogP contribution is -2.25. The Morgan fingerprint density at radius 2 is 1.91 bits per heavy atom. The summed E-state index contributed by atoms with van der Waals surface area (Å²) in [5, 5.41) is 2.61.